The number of amides is 1. The number of rotatable bonds is 8. The van der Waals surface area contributed by atoms with Crippen LogP contribution in [0.1, 0.15) is 33.1 Å². The SMILES string of the molecule is CCNCC(C)C(=O)NCCCCC#N. The average molecular weight is 211 g/mol. The fourth-order valence-electron chi connectivity index (χ4n) is 1.17. The molecule has 0 saturated carbocycles. The molecule has 0 heterocycles. The maximum atomic E-state index is 11.5. The van der Waals surface area contributed by atoms with E-state index in [1.54, 1.807) is 0 Å². The number of unbranched alkanes of at least 4 members (excludes halogenated alkanes) is 2. The van der Waals surface area contributed by atoms with Crippen LogP contribution in [-0.4, -0.2) is 25.5 Å². The molecule has 0 aromatic heterocycles. The smallest absolute Gasteiger partial charge is 0.224 e. The van der Waals surface area contributed by atoms with Gasteiger partial charge in [-0.05, 0) is 19.4 Å². The van der Waals surface area contributed by atoms with Crippen molar-refractivity contribution in [1.82, 2.24) is 10.6 Å². The molecule has 0 rings (SSSR count). The molecule has 0 spiro atoms. The van der Waals surface area contributed by atoms with Gasteiger partial charge in [-0.1, -0.05) is 13.8 Å². The predicted molar refractivity (Wildman–Crippen MR) is 60.2 cm³/mol. The van der Waals surface area contributed by atoms with Crippen LogP contribution >= 0.6 is 0 Å². The fraction of sp³-hybridized carbons (Fsp3) is 0.818. The number of hydrogen-bond donors (Lipinski definition) is 2. The molecule has 1 amide bonds. The van der Waals surface area contributed by atoms with Crippen molar-refractivity contribution >= 4 is 5.91 Å². The highest BCUT2D eigenvalue weighted by Gasteiger charge is 2.10. The van der Waals surface area contributed by atoms with Gasteiger partial charge in [-0.15, -0.1) is 0 Å². The van der Waals surface area contributed by atoms with Crippen LogP contribution in [0.4, 0.5) is 0 Å². The van der Waals surface area contributed by atoms with Crippen molar-refractivity contribution in [3.05, 3.63) is 0 Å². The zero-order chi connectivity index (χ0) is 11.5. The van der Waals surface area contributed by atoms with Crippen LogP contribution in [0, 0.1) is 17.2 Å². The van der Waals surface area contributed by atoms with Gasteiger partial charge in [0.2, 0.25) is 5.91 Å². The molecule has 1 unspecified atom stereocenters. The highest BCUT2D eigenvalue weighted by molar-refractivity contribution is 5.78. The molecule has 2 N–H and O–H groups in total. The molecule has 0 fully saturated rings. The van der Waals surface area contributed by atoms with Crippen molar-refractivity contribution in [3.63, 3.8) is 0 Å². The lowest BCUT2D eigenvalue weighted by Crippen LogP contribution is -2.35. The minimum atomic E-state index is 0.0147. The summed E-state index contributed by atoms with van der Waals surface area (Å²) in [5.74, 6) is 0.105. The molecule has 86 valence electrons. The van der Waals surface area contributed by atoms with Crippen LogP contribution in [-0.2, 0) is 4.79 Å². The molecule has 0 radical (unpaired) electrons. The Kier molecular flexibility index (Phi) is 8.79. The minimum Gasteiger partial charge on any atom is -0.356 e. The first kappa shape index (κ1) is 13.9. The van der Waals surface area contributed by atoms with E-state index < -0.39 is 0 Å². The standard InChI is InChI=1S/C11H21N3O/c1-3-13-9-10(2)11(15)14-8-6-4-5-7-12/h10,13H,3-6,8-9H2,1-2H3,(H,14,15). The molecule has 0 aromatic carbocycles. The van der Waals surface area contributed by atoms with E-state index in [4.69, 9.17) is 5.26 Å². The number of hydrogen-bond acceptors (Lipinski definition) is 3. The summed E-state index contributed by atoms with van der Waals surface area (Å²) in [5, 5.41) is 14.3. The minimum absolute atomic E-state index is 0.0147. The summed E-state index contributed by atoms with van der Waals surface area (Å²) in [7, 11) is 0. The van der Waals surface area contributed by atoms with Crippen LogP contribution in [0.25, 0.3) is 0 Å². The molecular weight excluding hydrogens is 190 g/mol. The number of nitrogens with zero attached hydrogens (tertiary/aromatic N) is 1. The van der Waals surface area contributed by atoms with Gasteiger partial charge >= 0.3 is 0 Å². The van der Waals surface area contributed by atoms with E-state index in [1.165, 1.54) is 0 Å². The molecule has 0 aliphatic heterocycles. The van der Waals surface area contributed by atoms with Crippen molar-refractivity contribution in [2.45, 2.75) is 33.1 Å². The zero-order valence-electron chi connectivity index (χ0n) is 9.68. The van der Waals surface area contributed by atoms with Gasteiger partial charge in [0, 0.05) is 25.4 Å². The maximum absolute atomic E-state index is 11.5. The first-order valence-electron chi connectivity index (χ1n) is 5.57. The Morgan fingerprint density at radius 1 is 1.47 bits per heavy atom. The Morgan fingerprint density at radius 3 is 2.80 bits per heavy atom. The molecule has 4 nitrogen and oxygen atoms in total. The second-order valence-electron chi connectivity index (χ2n) is 3.61. The lowest BCUT2D eigenvalue weighted by Gasteiger charge is -2.11. The second-order valence-corrected chi connectivity index (χ2v) is 3.61. The third kappa shape index (κ3) is 7.95. The van der Waals surface area contributed by atoms with Gasteiger partial charge in [0.1, 0.15) is 0 Å². The quantitative estimate of drug-likeness (QED) is 0.590. The Labute approximate surface area is 92.0 Å². The van der Waals surface area contributed by atoms with Gasteiger partial charge in [0.05, 0.1) is 6.07 Å². The molecule has 0 aromatic rings. The van der Waals surface area contributed by atoms with Crippen molar-refractivity contribution in [1.29, 1.82) is 5.26 Å². The fourth-order valence-corrected chi connectivity index (χ4v) is 1.17. The summed E-state index contributed by atoms with van der Waals surface area (Å²) in [6.45, 7) is 6.22. The lowest BCUT2D eigenvalue weighted by atomic mass is 10.1. The van der Waals surface area contributed by atoms with Crippen LogP contribution < -0.4 is 10.6 Å². The molecule has 0 bridgehead atoms. The molecule has 0 aliphatic carbocycles. The molecular formula is C11H21N3O. The number of carbonyl (C=O) groups excluding carboxylic acids is 1. The Bertz CT molecular complexity index is 210. The van der Waals surface area contributed by atoms with E-state index in [-0.39, 0.29) is 11.8 Å². The summed E-state index contributed by atoms with van der Waals surface area (Å²) >= 11 is 0. The average Bonchev–Trinajstić information content (AvgIpc) is 2.25. The highest BCUT2D eigenvalue weighted by atomic mass is 16.1. The third-order valence-electron chi connectivity index (χ3n) is 2.16. The van der Waals surface area contributed by atoms with Crippen LogP contribution in [0.3, 0.4) is 0 Å². The van der Waals surface area contributed by atoms with E-state index in [0.29, 0.717) is 13.0 Å². The van der Waals surface area contributed by atoms with Crippen molar-refractivity contribution in [2.24, 2.45) is 5.92 Å². The van der Waals surface area contributed by atoms with Crippen molar-refractivity contribution in [2.75, 3.05) is 19.6 Å². The zero-order valence-corrected chi connectivity index (χ0v) is 9.68. The molecule has 1 atom stereocenters. The monoisotopic (exact) mass is 211 g/mol. The summed E-state index contributed by atoms with van der Waals surface area (Å²) in [6.07, 6.45) is 2.31. The molecule has 15 heavy (non-hydrogen) atoms. The third-order valence-corrected chi connectivity index (χ3v) is 2.16. The number of carbonyl (C=O) groups is 1. The summed E-state index contributed by atoms with van der Waals surface area (Å²) in [4.78, 5) is 11.5. The lowest BCUT2D eigenvalue weighted by molar-refractivity contribution is -0.124. The topological polar surface area (TPSA) is 64.9 Å². The van der Waals surface area contributed by atoms with Gasteiger partial charge in [-0.25, -0.2) is 0 Å². The van der Waals surface area contributed by atoms with E-state index in [0.717, 1.165) is 25.9 Å². The Hall–Kier alpha value is -1.08. The molecule has 4 heteroatoms. The summed E-state index contributed by atoms with van der Waals surface area (Å²) in [6, 6.07) is 2.08. The van der Waals surface area contributed by atoms with Crippen molar-refractivity contribution < 1.29 is 4.79 Å². The Morgan fingerprint density at radius 2 is 2.20 bits per heavy atom. The van der Waals surface area contributed by atoms with Crippen LogP contribution in [0.15, 0.2) is 0 Å². The number of nitrogens with one attached hydrogen (secondary N) is 2. The van der Waals surface area contributed by atoms with E-state index in [1.807, 2.05) is 13.8 Å². The largest absolute Gasteiger partial charge is 0.356 e. The first-order valence-corrected chi connectivity index (χ1v) is 5.57. The summed E-state index contributed by atoms with van der Waals surface area (Å²) < 4.78 is 0. The van der Waals surface area contributed by atoms with Crippen LogP contribution in [0.5, 0.6) is 0 Å². The summed E-state index contributed by atoms with van der Waals surface area (Å²) in [5.41, 5.74) is 0. The van der Waals surface area contributed by atoms with E-state index in [2.05, 4.69) is 16.7 Å². The van der Waals surface area contributed by atoms with Crippen molar-refractivity contribution in [3.8, 4) is 6.07 Å². The molecule has 0 saturated heterocycles. The maximum Gasteiger partial charge on any atom is 0.224 e. The van der Waals surface area contributed by atoms with E-state index in [9.17, 15) is 4.79 Å². The van der Waals surface area contributed by atoms with Gasteiger partial charge in [0.25, 0.3) is 0 Å². The van der Waals surface area contributed by atoms with Gasteiger partial charge < -0.3 is 10.6 Å². The predicted octanol–water partition coefficient (Wildman–Crippen LogP) is 1.04. The normalized spacial score (nSPS) is 11.8. The van der Waals surface area contributed by atoms with Crippen LogP contribution in [0.2, 0.25) is 0 Å². The number of nitriles is 1. The first-order chi connectivity index (χ1) is 7.22. The Balaban J connectivity index is 3.43. The van der Waals surface area contributed by atoms with Gasteiger partial charge in [-0.3, -0.25) is 4.79 Å². The second kappa shape index (κ2) is 9.47. The van der Waals surface area contributed by atoms with Gasteiger partial charge in [0.15, 0.2) is 0 Å². The molecule has 0 aliphatic rings. The van der Waals surface area contributed by atoms with E-state index >= 15 is 0 Å². The highest BCUT2D eigenvalue weighted by Crippen LogP contribution is 1.95. The van der Waals surface area contributed by atoms with Gasteiger partial charge in [-0.2, -0.15) is 5.26 Å².